The van der Waals surface area contributed by atoms with Crippen molar-refractivity contribution < 1.29 is 37.4 Å². The monoisotopic (exact) mass is 346 g/mol. The number of methoxy groups -OCH3 is 1. The molecule has 1 aromatic rings. The molecule has 1 aromatic carbocycles. The van der Waals surface area contributed by atoms with Crippen molar-refractivity contribution in [3.63, 3.8) is 0 Å². The molecule has 24 heavy (non-hydrogen) atoms. The van der Waals surface area contributed by atoms with Gasteiger partial charge in [-0.2, -0.15) is 8.78 Å². The Morgan fingerprint density at radius 1 is 1.17 bits per heavy atom. The second-order valence-electron chi connectivity index (χ2n) is 4.36. The quantitative estimate of drug-likeness (QED) is 0.753. The highest BCUT2D eigenvalue weighted by Crippen LogP contribution is 2.29. The van der Waals surface area contributed by atoms with Gasteiger partial charge in [0.2, 0.25) is 0 Å². The van der Waals surface area contributed by atoms with Crippen LogP contribution in [0.4, 0.5) is 13.6 Å². The minimum Gasteiger partial charge on any atom is -0.493 e. The molecule has 8 nitrogen and oxygen atoms in total. The fraction of sp³-hybridized carbons (Fsp3) is 0.357. The number of esters is 1. The van der Waals surface area contributed by atoms with Gasteiger partial charge in [-0.3, -0.25) is 10.1 Å². The predicted molar refractivity (Wildman–Crippen MR) is 77.1 cm³/mol. The lowest BCUT2D eigenvalue weighted by molar-refractivity contribution is -0.127. The van der Waals surface area contributed by atoms with Gasteiger partial charge < -0.3 is 19.5 Å². The van der Waals surface area contributed by atoms with E-state index in [1.165, 1.54) is 27.1 Å². The number of alkyl halides is 2. The standard InChI is InChI=1S/C14H16F2N2O6/c1-7(11(19)18-14(21)17-2)23-12(20)8-4-5-9(24-13(15)16)10(6-8)22-3/h4-7,13H,1-3H3,(H2,17,18,19,21)/t7-/m0/s1. The van der Waals surface area contributed by atoms with Gasteiger partial charge in [0.15, 0.2) is 17.6 Å². The van der Waals surface area contributed by atoms with E-state index in [2.05, 4.69) is 10.1 Å². The van der Waals surface area contributed by atoms with E-state index in [1.54, 1.807) is 0 Å². The van der Waals surface area contributed by atoms with Gasteiger partial charge in [-0.05, 0) is 25.1 Å². The number of imide groups is 1. The Balaban J connectivity index is 2.80. The SMILES string of the molecule is CNC(=O)NC(=O)[C@H](C)OC(=O)c1ccc(OC(F)F)c(OC)c1. The molecule has 0 fully saturated rings. The van der Waals surface area contributed by atoms with Crippen LogP contribution in [-0.2, 0) is 9.53 Å². The lowest BCUT2D eigenvalue weighted by Gasteiger charge is -2.14. The van der Waals surface area contributed by atoms with E-state index < -0.39 is 30.6 Å². The Morgan fingerprint density at radius 2 is 1.83 bits per heavy atom. The topological polar surface area (TPSA) is 103 Å². The third kappa shape index (κ3) is 5.38. The molecule has 0 aromatic heterocycles. The van der Waals surface area contributed by atoms with Crippen molar-refractivity contribution in [3.05, 3.63) is 23.8 Å². The second kappa shape index (κ2) is 8.65. The van der Waals surface area contributed by atoms with Crippen molar-refractivity contribution in [2.75, 3.05) is 14.2 Å². The van der Waals surface area contributed by atoms with Crippen molar-refractivity contribution in [2.24, 2.45) is 0 Å². The number of hydrogen-bond acceptors (Lipinski definition) is 6. The largest absolute Gasteiger partial charge is 0.493 e. The summed E-state index contributed by atoms with van der Waals surface area (Å²) in [7, 11) is 2.52. The Morgan fingerprint density at radius 3 is 2.38 bits per heavy atom. The second-order valence-corrected chi connectivity index (χ2v) is 4.36. The van der Waals surface area contributed by atoms with Gasteiger partial charge in [-0.15, -0.1) is 0 Å². The van der Waals surface area contributed by atoms with Gasteiger partial charge in [-0.25, -0.2) is 9.59 Å². The fourth-order valence-electron chi connectivity index (χ4n) is 1.55. The zero-order valence-corrected chi connectivity index (χ0v) is 13.1. The van der Waals surface area contributed by atoms with Crippen LogP contribution in [0.5, 0.6) is 11.5 Å². The number of carbonyl (C=O) groups excluding carboxylic acids is 3. The van der Waals surface area contributed by atoms with Crippen molar-refractivity contribution in [3.8, 4) is 11.5 Å². The third-order valence-electron chi connectivity index (χ3n) is 2.73. The predicted octanol–water partition coefficient (Wildman–Crippen LogP) is 1.30. The normalized spacial score (nSPS) is 11.4. The smallest absolute Gasteiger partial charge is 0.387 e. The maximum Gasteiger partial charge on any atom is 0.387 e. The first-order valence-electron chi connectivity index (χ1n) is 6.64. The van der Waals surface area contributed by atoms with Crippen LogP contribution in [0.15, 0.2) is 18.2 Å². The fourth-order valence-corrected chi connectivity index (χ4v) is 1.55. The first-order chi connectivity index (χ1) is 11.3. The van der Waals surface area contributed by atoms with Gasteiger partial charge in [0.05, 0.1) is 12.7 Å². The molecule has 0 saturated heterocycles. The van der Waals surface area contributed by atoms with Crippen LogP contribution in [0.2, 0.25) is 0 Å². The van der Waals surface area contributed by atoms with Crippen LogP contribution in [0.1, 0.15) is 17.3 Å². The van der Waals surface area contributed by atoms with Crippen LogP contribution in [0.25, 0.3) is 0 Å². The minimum atomic E-state index is -3.05. The van der Waals surface area contributed by atoms with E-state index >= 15 is 0 Å². The molecule has 1 rings (SSSR count). The number of urea groups is 1. The molecular formula is C14H16F2N2O6. The molecule has 0 bridgehead atoms. The summed E-state index contributed by atoms with van der Waals surface area (Å²) in [6.07, 6.45) is -1.25. The summed E-state index contributed by atoms with van der Waals surface area (Å²) in [5, 5.41) is 4.11. The maximum absolute atomic E-state index is 12.2. The third-order valence-corrected chi connectivity index (χ3v) is 2.73. The van der Waals surface area contributed by atoms with Crippen LogP contribution < -0.4 is 20.1 Å². The first-order valence-corrected chi connectivity index (χ1v) is 6.64. The number of hydrogen-bond donors (Lipinski definition) is 2. The zero-order chi connectivity index (χ0) is 18.3. The number of ether oxygens (including phenoxy) is 3. The summed E-state index contributed by atoms with van der Waals surface area (Å²) >= 11 is 0. The van der Waals surface area contributed by atoms with Crippen LogP contribution >= 0.6 is 0 Å². The summed E-state index contributed by atoms with van der Waals surface area (Å²) in [5.74, 6) is -2.09. The van der Waals surface area contributed by atoms with E-state index in [-0.39, 0.29) is 17.1 Å². The molecule has 0 radical (unpaired) electrons. The number of rotatable bonds is 6. The van der Waals surface area contributed by atoms with Gasteiger partial charge in [0.25, 0.3) is 5.91 Å². The summed E-state index contributed by atoms with van der Waals surface area (Å²) in [6.45, 7) is -1.79. The lowest BCUT2D eigenvalue weighted by Crippen LogP contribution is -2.43. The Labute approximate surface area is 136 Å². The summed E-state index contributed by atoms with van der Waals surface area (Å²) in [4.78, 5) is 34.6. The van der Waals surface area contributed by atoms with Crippen molar-refractivity contribution in [1.29, 1.82) is 0 Å². The maximum atomic E-state index is 12.2. The summed E-state index contributed by atoms with van der Waals surface area (Å²) < 4.78 is 38.5. The van der Waals surface area contributed by atoms with Gasteiger partial charge >= 0.3 is 18.6 Å². The van der Waals surface area contributed by atoms with Crippen molar-refractivity contribution >= 4 is 17.9 Å². The lowest BCUT2D eigenvalue weighted by atomic mass is 10.2. The molecule has 0 aliphatic heterocycles. The van der Waals surface area contributed by atoms with Crippen LogP contribution in [0.3, 0.4) is 0 Å². The highest BCUT2D eigenvalue weighted by atomic mass is 19.3. The van der Waals surface area contributed by atoms with Crippen molar-refractivity contribution in [1.82, 2.24) is 10.6 Å². The van der Waals surface area contributed by atoms with E-state index in [9.17, 15) is 23.2 Å². The first kappa shape index (κ1) is 19.1. The molecule has 0 saturated carbocycles. The van der Waals surface area contributed by atoms with E-state index in [0.717, 1.165) is 12.1 Å². The molecule has 0 aliphatic carbocycles. The average Bonchev–Trinajstić information content (AvgIpc) is 2.54. The van der Waals surface area contributed by atoms with E-state index in [4.69, 9.17) is 9.47 Å². The molecule has 3 amide bonds. The highest BCUT2D eigenvalue weighted by Gasteiger charge is 2.21. The molecule has 0 spiro atoms. The molecule has 2 N–H and O–H groups in total. The summed E-state index contributed by atoms with van der Waals surface area (Å²) in [5.41, 5.74) is -0.0481. The Kier molecular flexibility index (Phi) is 6.90. The molecule has 0 aliphatic rings. The van der Waals surface area contributed by atoms with Crippen LogP contribution in [0, 0.1) is 0 Å². The molecule has 0 unspecified atom stereocenters. The van der Waals surface area contributed by atoms with Crippen LogP contribution in [-0.4, -0.2) is 44.8 Å². The van der Waals surface area contributed by atoms with Crippen molar-refractivity contribution in [2.45, 2.75) is 19.6 Å². The molecule has 0 heterocycles. The van der Waals surface area contributed by atoms with E-state index in [1.807, 2.05) is 5.32 Å². The number of amides is 3. The number of nitrogens with one attached hydrogen (secondary N) is 2. The number of halogens is 2. The molecule has 1 atom stereocenters. The van der Waals surface area contributed by atoms with Gasteiger partial charge in [0, 0.05) is 7.05 Å². The highest BCUT2D eigenvalue weighted by molar-refractivity contribution is 5.98. The Bertz CT molecular complexity index is 623. The zero-order valence-electron chi connectivity index (χ0n) is 13.1. The molecule has 132 valence electrons. The molecule has 10 heteroatoms. The Hall–Kier alpha value is -2.91. The van der Waals surface area contributed by atoms with E-state index in [0.29, 0.717) is 0 Å². The number of benzene rings is 1. The molecular weight excluding hydrogens is 330 g/mol. The minimum absolute atomic E-state index is 0.0481. The van der Waals surface area contributed by atoms with Gasteiger partial charge in [0.1, 0.15) is 0 Å². The average molecular weight is 346 g/mol. The number of carbonyl (C=O) groups is 3. The summed E-state index contributed by atoms with van der Waals surface area (Å²) in [6, 6.07) is 2.66. The van der Waals surface area contributed by atoms with Gasteiger partial charge in [-0.1, -0.05) is 0 Å².